The topological polar surface area (TPSA) is 69.9 Å². The Morgan fingerprint density at radius 3 is 2.40 bits per heavy atom. The fraction of sp³-hybridized carbons (Fsp3) is 0.194. The first-order valence-electron chi connectivity index (χ1n) is 14.3. The first kappa shape index (κ1) is 28.4. The van der Waals surface area contributed by atoms with Gasteiger partial charge in [0.15, 0.2) is 4.80 Å². The first-order valence-corrected chi connectivity index (χ1v) is 15.2. The number of hydrogen-bond donors (Lipinski definition) is 0. The fourth-order valence-electron chi connectivity index (χ4n) is 5.55. The van der Waals surface area contributed by atoms with E-state index in [2.05, 4.69) is 26.0 Å². The highest BCUT2D eigenvalue weighted by Gasteiger charge is 2.35. The van der Waals surface area contributed by atoms with Crippen molar-refractivity contribution in [2.75, 3.05) is 13.7 Å². The largest absolute Gasteiger partial charge is 0.496 e. The van der Waals surface area contributed by atoms with E-state index in [0.717, 1.165) is 27.5 Å². The van der Waals surface area contributed by atoms with Crippen molar-refractivity contribution in [3.8, 4) is 5.75 Å². The summed E-state index contributed by atoms with van der Waals surface area (Å²) in [6.07, 6.45) is 1.88. The molecule has 0 unspecified atom stereocenters. The molecule has 0 amide bonds. The van der Waals surface area contributed by atoms with Crippen molar-refractivity contribution in [2.45, 2.75) is 32.7 Å². The zero-order chi connectivity index (χ0) is 30.1. The Kier molecular flexibility index (Phi) is 7.82. The van der Waals surface area contributed by atoms with Crippen molar-refractivity contribution in [1.82, 2.24) is 4.57 Å². The molecule has 1 aliphatic heterocycles. The van der Waals surface area contributed by atoms with Crippen molar-refractivity contribution in [3.05, 3.63) is 139 Å². The van der Waals surface area contributed by atoms with Gasteiger partial charge in [0.05, 0.1) is 35.6 Å². The summed E-state index contributed by atoms with van der Waals surface area (Å²) < 4.78 is 13.4. The van der Waals surface area contributed by atoms with Gasteiger partial charge in [-0.25, -0.2) is 9.79 Å². The molecule has 0 saturated carbocycles. The highest BCUT2D eigenvalue weighted by atomic mass is 32.1. The van der Waals surface area contributed by atoms with Crippen molar-refractivity contribution in [2.24, 2.45) is 4.99 Å². The molecule has 1 atom stereocenters. The minimum absolute atomic E-state index is 0.203. The van der Waals surface area contributed by atoms with Gasteiger partial charge in [-0.1, -0.05) is 110 Å². The second kappa shape index (κ2) is 11.9. The molecule has 0 fully saturated rings. The second-order valence-electron chi connectivity index (χ2n) is 10.7. The number of hydrogen-bond acceptors (Lipinski definition) is 6. The molecule has 0 N–H and O–H groups in total. The average molecular weight is 589 g/mol. The molecule has 4 aromatic carbocycles. The minimum Gasteiger partial charge on any atom is -0.496 e. The van der Waals surface area contributed by atoms with Gasteiger partial charge in [0, 0.05) is 11.1 Å². The van der Waals surface area contributed by atoms with Crippen LogP contribution in [0.4, 0.5) is 0 Å². The monoisotopic (exact) mass is 588 g/mol. The third kappa shape index (κ3) is 5.21. The summed E-state index contributed by atoms with van der Waals surface area (Å²) in [5.74, 6) is 0.516. The molecule has 0 spiro atoms. The molecule has 6 rings (SSSR count). The van der Waals surface area contributed by atoms with Gasteiger partial charge in [-0.3, -0.25) is 9.36 Å². The summed E-state index contributed by atoms with van der Waals surface area (Å²) in [7, 11) is 1.63. The van der Waals surface area contributed by atoms with E-state index in [-0.39, 0.29) is 12.2 Å². The van der Waals surface area contributed by atoms with Gasteiger partial charge in [0.25, 0.3) is 5.56 Å². The van der Waals surface area contributed by atoms with Crippen LogP contribution >= 0.6 is 11.3 Å². The molecule has 1 aliphatic rings. The van der Waals surface area contributed by atoms with E-state index in [1.54, 1.807) is 18.6 Å². The number of rotatable bonds is 7. The van der Waals surface area contributed by atoms with Crippen LogP contribution in [0.2, 0.25) is 0 Å². The van der Waals surface area contributed by atoms with Crippen molar-refractivity contribution < 1.29 is 14.3 Å². The molecule has 2 heterocycles. The summed E-state index contributed by atoms with van der Waals surface area (Å²) in [5, 5.41) is 2.02. The van der Waals surface area contributed by atoms with Crippen LogP contribution in [0.1, 0.15) is 55.0 Å². The summed E-state index contributed by atoms with van der Waals surface area (Å²) >= 11 is 1.30. The number of methoxy groups -OCH3 is 1. The highest BCUT2D eigenvalue weighted by molar-refractivity contribution is 7.07. The summed E-state index contributed by atoms with van der Waals surface area (Å²) in [6, 6.07) is 28.9. The molecule has 216 valence electrons. The molecule has 6 nitrogen and oxygen atoms in total. The first-order chi connectivity index (χ1) is 20.9. The molecule has 0 radical (unpaired) electrons. The van der Waals surface area contributed by atoms with E-state index < -0.39 is 12.0 Å². The van der Waals surface area contributed by atoms with Crippen LogP contribution in [0.5, 0.6) is 5.75 Å². The van der Waals surface area contributed by atoms with Crippen LogP contribution in [-0.4, -0.2) is 24.3 Å². The predicted octanol–water partition coefficient (Wildman–Crippen LogP) is 6.22. The van der Waals surface area contributed by atoms with Gasteiger partial charge in [0.1, 0.15) is 5.75 Å². The molecule has 5 aromatic rings. The number of thiazole rings is 1. The van der Waals surface area contributed by atoms with Crippen molar-refractivity contribution in [1.29, 1.82) is 0 Å². The Morgan fingerprint density at radius 2 is 1.70 bits per heavy atom. The maximum Gasteiger partial charge on any atom is 0.338 e. The molecule has 1 aromatic heterocycles. The Morgan fingerprint density at radius 1 is 0.977 bits per heavy atom. The third-order valence-electron chi connectivity index (χ3n) is 7.72. The van der Waals surface area contributed by atoms with Crippen LogP contribution in [0.15, 0.2) is 106 Å². The molecule has 43 heavy (non-hydrogen) atoms. The average Bonchev–Trinajstić information content (AvgIpc) is 3.35. The van der Waals surface area contributed by atoms with Gasteiger partial charge in [0.2, 0.25) is 0 Å². The third-order valence-corrected chi connectivity index (χ3v) is 8.70. The number of nitrogens with zero attached hydrogens (tertiary/aromatic N) is 2. The Balaban J connectivity index is 1.67. The Labute approximate surface area is 253 Å². The molecule has 0 bridgehead atoms. The molecular formula is C36H32N2O4S. The van der Waals surface area contributed by atoms with Crippen LogP contribution in [0, 0.1) is 0 Å². The van der Waals surface area contributed by atoms with E-state index in [0.29, 0.717) is 32.3 Å². The van der Waals surface area contributed by atoms with Crippen LogP contribution < -0.4 is 19.6 Å². The normalized spacial score (nSPS) is 15.0. The standard InChI is InChI=1S/C36H32N2O4S/c1-5-42-35(40)31-32(25-12-7-6-8-13-25)37-36-38(33(31)26-17-15-23(16-18-26)22(2)3)34(39)30(43-36)21-28-27-14-10-9-11-24(27)19-20-29(28)41-4/h6-22,33H,5H2,1-4H3/b30-21+/t33-/m1/s1. The molecule has 0 saturated heterocycles. The highest BCUT2D eigenvalue weighted by Crippen LogP contribution is 2.36. The van der Waals surface area contributed by atoms with Crippen LogP contribution in [0.25, 0.3) is 22.5 Å². The van der Waals surface area contributed by atoms with E-state index in [4.69, 9.17) is 14.5 Å². The van der Waals surface area contributed by atoms with Gasteiger partial charge in [-0.15, -0.1) is 0 Å². The molecule has 0 aliphatic carbocycles. The zero-order valence-electron chi connectivity index (χ0n) is 24.5. The maximum atomic E-state index is 14.3. The lowest BCUT2D eigenvalue weighted by Crippen LogP contribution is -2.40. The van der Waals surface area contributed by atoms with Gasteiger partial charge in [-0.05, 0) is 46.9 Å². The van der Waals surface area contributed by atoms with E-state index >= 15 is 0 Å². The fourth-order valence-corrected chi connectivity index (χ4v) is 6.54. The second-order valence-corrected chi connectivity index (χ2v) is 11.7. The van der Waals surface area contributed by atoms with E-state index in [9.17, 15) is 9.59 Å². The lowest BCUT2D eigenvalue weighted by Gasteiger charge is -2.26. The number of fused-ring (bicyclic) bond motifs is 2. The summed E-state index contributed by atoms with van der Waals surface area (Å²) in [5.41, 5.74) is 4.19. The van der Waals surface area contributed by atoms with Gasteiger partial charge >= 0.3 is 5.97 Å². The summed E-state index contributed by atoms with van der Waals surface area (Å²) in [6.45, 7) is 6.25. The smallest absolute Gasteiger partial charge is 0.338 e. The molecular weight excluding hydrogens is 556 g/mol. The predicted molar refractivity (Wildman–Crippen MR) is 172 cm³/mol. The number of benzene rings is 4. The lowest BCUT2D eigenvalue weighted by molar-refractivity contribution is -0.138. The quantitative estimate of drug-likeness (QED) is 0.212. The zero-order valence-corrected chi connectivity index (χ0v) is 25.4. The van der Waals surface area contributed by atoms with Crippen molar-refractivity contribution in [3.63, 3.8) is 0 Å². The number of aromatic nitrogens is 1. The number of ether oxygens (including phenoxy) is 2. The van der Waals surface area contributed by atoms with Gasteiger partial charge < -0.3 is 9.47 Å². The SMILES string of the molecule is CCOC(=O)C1=C(c2ccccc2)N=c2s/c(=C/c3c(OC)ccc4ccccc34)c(=O)n2[C@@H]1c1ccc(C(C)C)cc1. The van der Waals surface area contributed by atoms with E-state index in [1.807, 2.05) is 84.9 Å². The Hall–Kier alpha value is -4.75. The van der Waals surface area contributed by atoms with Gasteiger partial charge in [-0.2, -0.15) is 0 Å². The minimum atomic E-state index is -0.719. The van der Waals surface area contributed by atoms with E-state index in [1.165, 1.54) is 16.9 Å². The summed E-state index contributed by atoms with van der Waals surface area (Å²) in [4.78, 5) is 33.5. The van der Waals surface area contributed by atoms with Crippen LogP contribution in [0.3, 0.4) is 0 Å². The van der Waals surface area contributed by atoms with Crippen LogP contribution in [-0.2, 0) is 9.53 Å². The number of carbonyl (C=O) groups is 1. The lowest BCUT2D eigenvalue weighted by atomic mass is 9.91. The maximum absolute atomic E-state index is 14.3. The number of esters is 1. The number of carbonyl (C=O) groups excluding carboxylic acids is 1. The molecule has 7 heteroatoms. The van der Waals surface area contributed by atoms with Crippen molar-refractivity contribution >= 4 is 39.9 Å². The Bertz CT molecular complexity index is 2040.